The number of hydrogen-bond acceptors (Lipinski definition) is 5. The van der Waals surface area contributed by atoms with E-state index in [1.807, 2.05) is 4.57 Å². The molecular weight excluding hydrogens is 510 g/mol. The van der Waals surface area contributed by atoms with Gasteiger partial charge in [0.15, 0.2) is 0 Å². The van der Waals surface area contributed by atoms with Gasteiger partial charge in [0.2, 0.25) is 5.91 Å². The standard InChI is InChI=1S/C28H23ClF2N6O/c29-22-10-9-21(14-23(22)31)34-27-26(19-5-7-20(30)8-6-19)35-25-16-36(11-12-37(25)27)28(38)24(33)13-17-1-3-18(15-32)4-2-17/h1-10,14,24,34H,11-13,16,33H2/t24-/m0/s1. The van der Waals surface area contributed by atoms with Crippen molar-refractivity contribution in [2.75, 3.05) is 11.9 Å². The second-order valence-corrected chi connectivity index (χ2v) is 9.42. The molecule has 0 spiro atoms. The number of fused-ring (bicyclic) bond motifs is 1. The van der Waals surface area contributed by atoms with Crippen LogP contribution in [0.2, 0.25) is 5.02 Å². The molecule has 192 valence electrons. The molecule has 0 bridgehead atoms. The summed E-state index contributed by atoms with van der Waals surface area (Å²) >= 11 is 5.84. The topological polar surface area (TPSA) is 100.0 Å². The Kier molecular flexibility index (Phi) is 7.09. The highest BCUT2D eigenvalue weighted by Gasteiger charge is 2.29. The van der Waals surface area contributed by atoms with Crippen LogP contribution in [-0.4, -0.2) is 32.9 Å². The van der Waals surface area contributed by atoms with Crippen LogP contribution in [0.3, 0.4) is 0 Å². The van der Waals surface area contributed by atoms with Gasteiger partial charge in [-0.05, 0) is 66.6 Å². The van der Waals surface area contributed by atoms with Crippen LogP contribution in [0.1, 0.15) is 17.0 Å². The van der Waals surface area contributed by atoms with E-state index in [-0.39, 0.29) is 23.3 Å². The Morgan fingerprint density at radius 1 is 1.11 bits per heavy atom. The van der Waals surface area contributed by atoms with Gasteiger partial charge < -0.3 is 20.5 Å². The van der Waals surface area contributed by atoms with Crippen molar-refractivity contribution in [2.24, 2.45) is 5.73 Å². The van der Waals surface area contributed by atoms with E-state index in [4.69, 9.17) is 27.6 Å². The molecule has 2 heterocycles. The molecule has 4 aromatic rings. The molecule has 7 nitrogen and oxygen atoms in total. The molecule has 0 unspecified atom stereocenters. The van der Waals surface area contributed by atoms with Gasteiger partial charge in [0.05, 0.1) is 29.2 Å². The van der Waals surface area contributed by atoms with Gasteiger partial charge in [-0.3, -0.25) is 4.79 Å². The Bertz CT molecular complexity index is 1530. The maximum absolute atomic E-state index is 14.1. The van der Waals surface area contributed by atoms with E-state index in [9.17, 15) is 13.6 Å². The monoisotopic (exact) mass is 532 g/mol. The van der Waals surface area contributed by atoms with Crippen LogP contribution in [0, 0.1) is 23.0 Å². The summed E-state index contributed by atoms with van der Waals surface area (Å²) in [6.07, 6.45) is 0.339. The molecule has 3 aromatic carbocycles. The Morgan fingerprint density at radius 2 is 1.84 bits per heavy atom. The van der Waals surface area contributed by atoms with Crippen molar-refractivity contribution in [1.29, 1.82) is 5.26 Å². The number of rotatable bonds is 6. The second kappa shape index (κ2) is 10.6. The Morgan fingerprint density at radius 3 is 2.53 bits per heavy atom. The van der Waals surface area contributed by atoms with Crippen LogP contribution in [0.15, 0.2) is 66.7 Å². The van der Waals surface area contributed by atoms with Gasteiger partial charge in [-0.25, -0.2) is 13.8 Å². The van der Waals surface area contributed by atoms with Crippen molar-refractivity contribution in [2.45, 2.75) is 25.6 Å². The molecular formula is C28H23ClF2N6O. The van der Waals surface area contributed by atoms with Crippen LogP contribution < -0.4 is 11.1 Å². The predicted molar refractivity (Wildman–Crippen MR) is 141 cm³/mol. The summed E-state index contributed by atoms with van der Waals surface area (Å²) in [7, 11) is 0. The van der Waals surface area contributed by atoms with Crippen molar-refractivity contribution in [3.63, 3.8) is 0 Å². The average Bonchev–Trinajstić information content (AvgIpc) is 3.28. The minimum atomic E-state index is -0.754. The molecule has 0 fully saturated rings. The summed E-state index contributed by atoms with van der Waals surface area (Å²) in [4.78, 5) is 19.6. The first-order valence-corrected chi connectivity index (χ1v) is 12.3. The number of amides is 1. The Hall–Kier alpha value is -4.26. The van der Waals surface area contributed by atoms with Gasteiger partial charge in [0.25, 0.3) is 0 Å². The first kappa shape index (κ1) is 25.4. The zero-order valence-corrected chi connectivity index (χ0v) is 20.9. The molecule has 1 aliphatic rings. The summed E-state index contributed by atoms with van der Waals surface area (Å²) in [5, 5.41) is 12.2. The summed E-state index contributed by atoms with van der Waals surface area (Å²) in [6.45, 7) is 1.05. The Balaban J connectivity index is 1.41. The number of carbonyl (C=O) groups excluding carboxylic acids is 1. The number of hydrogen-bond donors (Lipinski definition) is 2. The fourth-order valence-corrected chi connectivity index (χ4v) is 4.57. The van der Waals surface area contributed by atoms with Crippen LogP contribution in [0.25, 0.3) is 11.3 Å². The highest BCUT2D eigenvalue weighted by molar-refractivity contribution is 6.30. The van der Waals surface area contributed by atoms with E-state index >= 15 is 0 Å². The van der Waals surface area contributed by atoms with Crippen LogP contribution >= 0.6 is 11.6 Å². The fraction of sp³-hybridized carbons (Fsp3) is 0.179. The number of nitrogens with zero attached hydrogens (tertiary/aromatic N) is 4. The molecule has 1 atom stereocenters. The summed E-state index contributed by atoms with van der Waals surface area (Å²) < 4.78 is 29.7. The van der Waals surface area contributed by atoms with Gasteiger partial charge >= 0.3 is 0 Å². The van der Waals surface area contributed by atoms with Crippen molar-refractivity contribution in [3.05, 3.63) is 100 Å². The van der Waals surface area contributed by atoms with Gasteiger partial charge in [0.1, 0.15) is 29.0 Å². The highest BCUT2D eigenvalue weighted by Crippen LogP contribution is 2.34. The lowest BCUT2D eigenvalue weighted by atomic mass is 10.0. The molecule has 0 saturated heterocycles. The Labute approximate surface area is 223 Å². The third-order valence-electron chi connectivity index (χ3n) is 6.44. The number of benzene rings is 3. The number of halogens is 3. The minimum absolute atomic E-state index is 0.0103. The van der Waals surface area contributed by atoms with Gasteiger partial charge in [0, 0.05) is 24.3 Å². The smallest absolute Gasteiger partial charge is 0.240 e. The van der Waals surface area contributed by atoms with Crippen molar-refractivity contribution in [3.8, 4) is 17.3 Å². The van der Waals surface area contributed by atoms with Crippen molar-refractivity contribution < 1.29 is 13.6 Å². The summed E-state index contributed by atoms with van der Waals surface area (Å²) in [6, 6.07) is 18.6. The van der Waals surface area contributed by atoms with Crippen molar-refractivity contribution >= 4 is 29.0 Å². The van der Waals surface area contributed by atoms with E-state index < -0.39 is 11.9 Å². The third kappa shape index (κ3) is 5.23. The van der Waals surface area contributed by atoms with E-state index in [1.54, 1.807) is 47.4 Å². The van der Waals surface area contributed by atoms with Crippen molar-refractivity contribution in [1.82, 2.24) is 14.5 Å². The molecule has 0 radical (unpaired) electrons. The van der Waals surface area contributed by atoms with E-state index in [0.29, 0.717) is 53.7 Å². The zero-order chi connectivity index (χ0) is 26.8. The van der Waals surface area contributed by atoms with Gasteiger partial charge in [-0.1, -0.05) is 23.7 Å². The van der Waals surface area contributed by atoms with Crippen LogP contribution in [-0.2, 0) is 24.3 Å². The van der Waals surface area contributed by atoms with E-state index in [1.165, 1.54) is 24.3 Å². The molecule has 0 aliphatic carbocycles. The number of nitriles is 1. The third-order valence-corrected chi connectivity index (χ3v) is 6.75. The average molecular weight is 533 g/mol. The molecule has 5 rings (SSSR count). The quantitative estimate of drug-likeness (QED) is 0.363. The number of carbonyl (C=O) groups is 1. The van der Waals surface area contributed by atoms with Gasteiger partial charge in [-0.15, -0.1) is 0 Å². The summed E-state index contributed by atoms with van der Waals surface area (Å²) in [5.74, 6) is 0.0707. The molecule has 1 amide bonds. The largest absolute Gasteiger partial charge is 0.340 e. The SMILES string of the molecule is N#Cc1ccc(C[C@H](N)C(=O)N2CCn3c(nc(-c4ccc(F)cc4)c3Nc3ccc(Cl)c(F)c3)C2)cc1. The molecule has 1 aromatic heterocycles. The number of nitrogens with two attached hydrogens (primary N) is 1. The first-order valence-electron chi connectivity index (χ1n) is 11.9. The fourth-order valence-electron chi connectivity index (χ4n) is 4.46. The first-order chi connectivity index (χ1) is 18.3. The lowest BCUT2D eigenvalue weighted by Crippen LogP contribution is -2.47. The normalized spacial score (nSPS) is 13.5. The zero-order valence-electron chi connectivity index (χ0n) is 20.2. The predicted octanol–water partition coefficient (Wildman–Crippen LogP) is 5.01. The molecule has 3 N–H and O–H groups in total. The number of nitrogens with one attached hydrogen (secondary N) is 1. The maximum atomic E-state index is 14.1. The molecule has 10 heteroatoms. The molecule has 0 saturated carbocycles. The number of imidazole rings is 1. The van der Waals surface area contributed by atoms with Crippen LogP contribution in [0.4, 0.5) is 20.3 Å². The maximum Gasteiger partial charge on any atom is 0.240 e. The highest BCUT2D eigenvalue weighted by atomic mass is 35.5. The van der Waals surface area contributed by atoms with Crippen LogP contribution in [0.5, 0.6) is 0 Å². The molecule has 38 heavy (non-hydrogen) atoms. The minimum Gasteiger partial charge on any atom is -0.340 e. The van der Waals surface area contributed by atoms with E-state index in [0.717, 1.165) is 5.56 Å². The second-order valence-electron chi connectivity index (χ2n) is 9.02. The van der Waals surface area contributed by atoms with E-state index in [2.05, 4.69) is 11.4 Å². The number of aromatic nitrogens is 2. The lowest BCUT2D eigenvalue weighted by molar-refractivity contribution is -0.134. The summed E-state index contributed by atoms with van der Waals surface area (Å²) in [5.41, 5.74) is 9.36. The van der Waals surface area contributed by atoms with Gasteiger partial charge in [-0.2, -0.15) is 5.26 Å². The lowest BCUT2D eigenvalue weighted by Gasteiger charge is -2.30. The molecule has 1 aliphatic heterocycles. The number of anilines is 2.